The molecular formula is C21H18F3NO5S. The molecule has 3 aromatic rings. The Hall–Kier alpha value is -3.14. The number of pyridine rings is 1. The van der Waals surface area contributed by atoms with Crippen molar-refractivity contribution in [1.29, 1.82) is 0 Å². The van der Waals surface area contributed by atoms with E-state index in [1.54, 1.807) is 31.2 Å². The third kappa shape index (κ3) is 5.52. The van der Waals surface area contributed by atoms with Crippen LogP contribution in [0.1, 0.15) is 18.9 Å². The van der Waals surface area contributed by atoms with Gasteiger partial charge in [0.1, 0.15) is 5.75 Å². The zero-order chi connectivity index (χ0) is 22.6. The number of fused-ring (bicyclic) bond motifs is 1. The molecule has 0 amide bonds. The van der Waals surface area contributed by atoms with Gasteiger partial charge in [0.2, 0.25) is 0 Å². The Morgan fingerprint density at radius 3 is 2.55 bits per heavy atom. The number of esters is 1. The van der Waals surface area contributed by atoms with Crippen molar-refractivity contribution in [2.75, 3.05) is 6.61 Å². The lowest BCUT2D eigenvalue weighted by atomic mass is 10.0. The van der Waals surface area contributed by atoms with E-state index in [1.165, 1.54) is 12.1 Å². The van der Waals surface area contributed by atoms with E-state index in [1.807, 2.05) is 12.1 Å². The van der Waals surface area contributed by atoms with Crippen LogP contribution in [0.3, 0.4) is 0 Å². The molecule has 31 heavy (non-hydrogen) atoms. The fraction of sp³-hybridized carbons (Fsp3) is 0.238. The van der Waals surface area contributed by atoms with E-state index in [0.29, 0.717) is 29.8 Å². The second-order valence-electron chi connectivity index (χ2n) is 6.54. The Morgan fingerprint density at radius 1 is 1.06 bits per heavy atom. The summed E-state index contributed by atoms with van der Waals surface area (Å²) in [5, 5.41) is 0.817. The summed E-state index contributed by atoms with van der Waals surface area (Å²) in [5.74, 6) is -0.739. The maximum Gasteiger partial charge on any atom is 0.534 e. The van der Waals surface area contributed by atoms with E-state index in [-0.39, 0.29) is 12.4 Å². The molecule has 2 aromatic carbocycles. The molecule has 0 atom stereocenters. The number of rotatable bonds is 7. The fourth-order valence-corrected chi connectivity index (χ4v) is 3.30. The predicted molar refractivity (Wildman–Crippen MR) is 108 cm³/mol. The number of aromatic nitrogens is 1. The van der Waals surface area contributed by atoms with Crippen LogP contribution in [0, 0.1) is 0 Å². The van der Waals surface area contributed by atoms with Crippen LogP contribution in [-0.2, 0) is 26.1 Å². The lowest BCUT2D eigenvalue weighted by molar-refractivity contribution is -0.143. The first kappa shape index (κ1) is 22.5. The van der Waals surface area contributed by atoms with Crippen LogP contribution in [0.25, 0.3) is 22.2 Å². The van der Waals surface area contributed by atoms with Crippen molar-refractivity contribution in [3.05, 3.63) is 60.2 Å². The predicted octanol–water partition coefficient (Wildman–Crippen LogP) is 4.63. The minimum Gasteiger partial charge on any atom is -0.466 e. The average Bonchev–Trinajstić information content (AvgIpc) is 2.71. The Morgan fingerprint density at radius 2 is 1.84 bits per heavy atom. The Kier molecular flexibility index (Phi) is 6.49. The molecule has 164 valence electrons. The highest BCUT2D eigenvalue weighted by Crippen LogP contribution is 2.30. The van der Waals surface area contributed by atoms with Gasteiger partial charge in [-0.15, -0.1) is 0 Å². The summed E-state index contributed by atoms with van der Waals surface area (Å²) in [6.45, 7) is 2.08. The van der Waals surface area contributed by atoms with Crippen molar-refractivity contribution in [2.45, 2.75) is 25.3 Å². The summed E-state index contributed by atoms with van der Waals surface area (Å²) in [4.78, 5) is 16.0. The molecule has 0 N–H and O–H groups in total. The highest BCUT2D eigenvalue weighted by Gasteiger charge is 2.48. The number of hydrogen-bond donors (Lipinski definition) is 0. The van der Waals surface area contributed by atoms with Crippen LogP contribution in [0.15, 0.2) is 54.6 Å². The van der Waals surface area contributed by atoms with Gasteiger partial charge < -0.3 is 8.92 Å². The molecule has 1 aromatic heterocycles. The molecule has 0 fully saturated rings. The molecule has 3 rings (SSSR count). The van der Waals surface area contributed by atoms with E-state index < -0.39 is 21.4 Å². The number of aryl methyl sites for hydroxylation is 1. The van der Waals surface area contributed by atoms with Crippen LogP contribution in [0.2, 0.25) is 0 Å². The fourth-order valence-electron chi connectivity index (χ4n) is 2.85. The van der Waals surface area contributed by atoms with E-state index in [4.69, 9.17) is 4.74 Å². The van der Waals surface area contributed by atoms with Crippen LogP contribution >= 0.6 is 0 Å². The van der Waals surface area contributed by atoms with Gasteiger partial charge >= 0.3 is 21.6 Å². The number of hydrogen-bond acceptors (Lipinski definition) is 6. The van der Waals surface area contributed by atoms with Crippen molar-refractivity contribution in [2.24, 2.45) is 0 Å². The van der Waals surface area contributed by atoms with Crippen molar-refractivity contribution in [1.82, 2.24) is 4.98 Å². The smallest absolute Gasteiger partial charge is 0.466 e. The SMILES string of the molecule is CCOC(=O)CCc1ccc2nc(-c3cccc(OS(=O)(=O)C(F)(F)F)c3)ccc2c1. The maximum absolute atomic E-state index is 12.5. The van der Waals surface area contributed by atoms with Gasteiger partial charge in [-0.05, 0) is 49.2 Å². The number of benzene rings is 2. The quantitative estimate of drug-likeness (QED) is 0.295. The van der Waals surface area contributed by atoms with Crippen LogP contribution in [0.5, 0.6) is 5.75 Å². The molecule has 6 nitrogen and oxygen atoms in total. The van der Waals surface area contributed by atoms with Gasteiger partial charge in [0.05, 0.1) is 17.8 Å². The molecular weight excluding hydrogens is 435 g/mol. The van der Waals surface area contributed by atoms with E-state index >= 15 is 0 Å². The topological polar surface area (TPSA) is 82.6 Å². The molecule has 0 aliphatic carbocycles. The number of halogens is 3. The zero-order valence-electron chi connectivity index (χ0n) is 16.3. The molecule has 0 bridgehead atoms. The standard InChI is InChI=1S/C21H18F3NO5S/c1-2-29-20(26)11-7-14-6-9-18-16(12-14)8-10-19(25-18)15-4-3-5-17(13-15)30-31(27,28)21(22,23)24/h3-6,8-10,12-13H,2,7,11H2,1H3. The molecule has 0 saturated carbocycles. The summed E-state index contributed by atoms with van der Waals surface area (Å²) in [7, 11) is -5.76. The van der Waals surface area contributed by atoms with Crippen LogP contribution in [-0.4, -0.2) is 31.5 Å². The van der Waals surface area contributed by atoms with E-state index in [9.17, 15) is 26.4 Å². The highest BCUT2D eigenvalue weighted by atomic mass is 32.2. The number of carbonyl (C=O) groups excluding carboxylic acids is 1. The van der Waals surface area contributed by atoms with Gasteiger partial charge in [0.15, 0.2) is 0 Å². The van der Waals surface area contributed by atoms with Gasteiger partial charge in [-0.2, -0.15) is 21.6 Å². The normalized spacial score (nSPS) is 12.0. The average molecular weight is 453 g/mol. The molecule has 0 saturated heterocycles. The summed E-state index contributed by atoms with van der Waals surface area (Å²) in [6, 6.07) is 14.2. The van der Waals surface area contributed by atoms with Crippen molar-refractivity contribution in [3.63, 3.8) is 0 Å². The Balaban J connectivity index is 1.82. The minimum atomic E-state index is -5.76. The number of ether oxygens (including phenoxy) is 1. The second kappa shape index (κ2) is 8.93. The Bertz CT molecular complexity index is 1210. The summed E-state index contributed by atoms with van der Waals surface area (Å²) >= 11 is 0. The maximum atomic E-state index is 12.5. The molecule has 10 heteroatoms. The number of alkyl halides is 3. The second-order valence-corrected chi connectivity index (χ2v) is 8.08. The van der Waals surface area contributed by atoms with Crippen molar-refractivity contribution >= 4 is 27.0 Å². The van der Waals surface area contributed by atoms with Crippen molar-refractivity contribution in [3.8, 4) is 17.0 Å². The molecule has 0 aliphatic rings. The number of nitrogens with zero attached hydrogens (tertiary/aromatic N) is 1. The van der Waals surface area contributed by atoms with Crippen LogP contribution in [0.4, 0.5) is 13.2 Å². The first-order chi connectivity index (χ1) is 14.6. The lowest BCUT2D eigenvalue weighted by Crippen LogP contribution is -2.28. The van der Waals surface area contributed by atoms with E-state index in [2.05, 4.69) is 9.17 Å². The summed E-state index contributed by atoms with van der Waals surface area (Å²) in [6.07, 6.45) is 0.780. The minimum absolute atomic E-state index is 0.262. The van der Waals surface area contributed by atoms with Gasteiger partial charge in [-0.3, -0.25) is 4.79 Å². The monoisotopic (exact) mass is 453 g/mol. The van der Waals surface area contributed by atoms with Crippen molar-refractivity contribution < 1.29 is 35.3 Å². The Labute approximate surface area is 176 Å². The van der Waals surface area contributed by atoms with E-state index in [0.717, 1.165) is 17.0 Å². The van der Waals surface area contributed by atoms with Gasteiger partial charge in [-0.25, -0.2) is 4.98 Å². The molecule has 0 aliphatic heterocycles. The van der Waals surface area contributed by atoms with Gasteiger partial charge in [0.25, 0.3) is 0 Å². The van der Waals surface area contributed by atoms with Gasteiger partial charge in [0, 0.05) is 17.4 Å². The number of carbonyl (C=O) groups is 1. The molecule has 0 spiro atoms. The molecule has 1 heterocycles. The summed E-state index contributed by atoms with van der Waals surface area (Å²) < 4.78 is 69.1. The molecule has 0 radical (unpaired) electrons. The lowest BCUT2D eigenvalue weighted by Gasteiger charge is -2.10. The first-order valence-electron chi connectivity index (χ1n) is 9.25. The third-order valence-corrected chi connectivity index (χ3v) is 5.27. The third-order valence-electron chi connectivity index (χ3n) is 4.30. The highest BCUT2D eigenvalue weighted by molar-refractivity contribution is 7.88. The zero-order valence-corrected chi connectivity index (χ0v) is 17.2. The first-order valence-corrected chi connectivity index (χ1v) is 10.7. The largest absolute Gasteiger partial charge is 0.534 e. The van der Waals surface area contributed by atoms with Crippen LogP contribution < -0.4 is 4.18 Å². The van der Waals surface area contributed by atoms with Gasteiger partial charge in [-0.1, -0.05) is 24.3 Å². The summed E-state index contributed by atoms with van der Waals surface area (Å²) in [5.41, 5.74) is -3.13. The molecule has 0 unspecified atom stereocenters.